The van der Waals surface area contributed by atoms with E-state index in [1.807, 2.05) is 37.3 Å². The second-order valence-electron chi connectivity index (χ2n) is 5.97. The molecule has 4 heteroatoms. The zero-order valence-electron chi connectivity index (χ0n) is 14.5. The molecule has 1 rings (SSSR count). The van der Waals surface area contributed by atoms with Gasteiger partial charge in [0.15, 0.2) is 0 Å². The van der Waals surface area contributed by atoms with Crippen molar-refractivity contribution in [2.24, 2.45) is 0 Å². The van der Waals surface area contributed by atoms with Crippen molar-refractivity contribution in [3.8, 4) is 0 Å². The van der Waals surface area contributed by atoms with Crippen molar-refractivity contribution in [2.45, 2.75) is 58.3 Å². The van der Waals surface area contributed by atoms with Crippen molar-refractivity contribution in [3.63, 3.8) is 0 Å². The van der Waals surface area contributed by atoms with Gasteiger partial charge in [0.2, 0.25) is 0 Å². The number of hydrazine groups is 1. The normalized spacial score (nSPS) is 14.2. The van der Waals surface area contributed by atoms with E-state index in [0.717, 1.165) is 6.42 Å². The third-order valence-electron chi connectivity index (χ3n) is 3.59. The summed E-state index contributed by atoms with van der Waals surface area (Å²) < 4.78 is 11.6. The smallest absolute Gasteiger partial charge is 0.147 e. The van der Waals surface area contributed by atoms with Crippen LogP contribution >= 0.6 is 0 Å². The second kappa shape index (κ2) is 11.6. The molecule has 1 aromatic carbocycles. The molecule has 0 saturated heterocycles. The van der Waals surface area contributed by atoms with Crippen molar-refractivity contribution in [1.29, 1.82) is 0 Å². The highest BCUT2D eigenvalue weighted by molar-refractivity contribution is 5.13. The average Bonchev–Trinajstić information content (AvgIpc) is 2.50. The number of nitrogens with one attached hydrogen (secondary N) is 1. The Kier molecular flexibility index (Phi) is 10.1. The van der Waals surface area contributed by atoms with Gasteiger partial charge in [-0.1, -0.05) is 56.5 Å². The summed E-state index contributed by atoms with van der Waals surface area (Å²) in [6.45, 7) is 5.32. The van der Waals surface area contributed by atoms with E-state index in [9.17, 15) is 0 Å². The Hall–Kier alpha value is -0.940. The van der Waals surface area contributed by atoms with E-state index in [0.29, 0.717) is 13.4 Å². The van der Waals surface area contributed by atoms with Crippen molar-refractivity contribution in [3.05, 3.63) is 35.9 Å². The summed E-state index contributed by atoms with van der Waals surface area (Å²) in [5.74, 6) is 0. The first-order chi connectivity index (χ1) is 10.6. The van der Waals surface area contributed by atoms with Gasteiger partial charge in [-0.3, -0.25) is 10.4 Å². The minimum Gasteiger partial charge on any atom is -0.351 e. The van der Waals surface area contributed by atoms with Gasteiger partial charge in [-0.15, -0.1) is 0 Å². The van der Waals surface area contributed by atoms with Crippen LogP contribution in [0.25, 0.3) is 0 Å². The zero-order valence-corrected chi connectivity index (χ0v) is 14.5. The summed E-state index contributed by atoms with van der Waals surface area (Å²) in [5, 5.41) is 1.98. The lowest BCUT2D eigenvalue weighted by Gasteiger charge is -2.28. The number of hydrogen-bond donors (Lipinski definition) is 1. The number of ether oxygens (including phenoxy) is 2. The molecule has 0 aromatic heterocycles. The molecule has 0 bridgehead atoms. The minimum absolute atomic E-state index is 0.171. The maximum atomic E-state index is 5.96. The summed E-state index contributed by atoms with van der Waals surface area (Å²) in [4.78, 5) is 0. The van der Waals surface area contributed by atoms with Crippen LogP contribution < -0.4 is 5.43 Å². The minimum atomic E-state index is 0.171. The summed E-state index contributed by atoms with van der Waals surface area (Å²) >= 11 is 0. The summed E-state index contributed by atoms with van der Waals surface area (Å²) in [7, 11) is 4.01. The summed E-state index contributed by atoms with van der Waals surface area (Å²) in [5.41, 5.74) is 4.56. The fraction of sp³-hybridized carbons (Fsp3) is 0.667. The molecule has 22 heavy (non-hydrogen) atoms. The first-order valence-corrected chi connectivity index (χ1v) is 8.30. The lowest BCUT2D eigenvalue weighted by molar-refractivity contribution is -0.110. The highest BCUT2D eigenvalue weighted by Crippen LogP contribution is 2.11. The van der Waals surface area contributed by atoms with Gasteiger partial charge in [0.05, 0.1) is 12.7 Å². The molecule has 0 aliphatic rings. The Morgan fingerprint density at radius 2 is 1.86 bits per heavy atom. The Morgan fingerprint density at radius 1 is 1.14 bits per heavy atom. The molecule has 0 saturated carbocycles. The van der Waals surface area contributed by atoms with Gasteiger partial charge < -0.3 is 9.47 Å². The Balaban J connectivity index is 2.32. The average molecular weight is 308 g/mol. The maximum Gasteiger partial charge on any atom is 0.147 e. The molecule has 0 spiro atoms. The van der Waals surface area contributed by atoms with Crippen LogP contribution in [0.4, 0.5) is 0 Å². The molecule has 2 atom stereocenters. The van der Waals surface area contributed by atoms with Crippen molar-refractivity contribution in [1.82, 2.24) is 10.4 Å². The molecule has 0 amide bonds. The molecule has 0 unspecified atom stereocenters. The molecule has 4 nitrogen and oxygen atoms in total. The van der Waals surface area contributed by atoms with Gasteiger partial charge in [0, 0.05) is 20.1 Å². The van der Waals surface area contributed by atoms with Gasteiger partial charge >= 0.3 is 0 Å². The van der Waals surface area contributed by atoms with Gasteiger partial charge in [0.25, 0.3) is 0 Å². The highest BCUT2D eigenvalue weighted by Gasteiger charge is 2.18. The predicted octanol–water partition coefficient (Wildman–Crippen LogP) is 3.58. The van der Waals surface area contributed by atoms with E-state index in [2.05, 4.69) is 31.4 Å². The Labute approximate surface area is 135 Å². The van der Waals surface area contributed by atoms with E-state index in [1.165, 1.54) is 24.8 Å². The molecule has 1 aromatic rings. The molecule has 0 aliphatic carbocycles. The van der Waals surface area contributed by atoms with Crippen LogP contribution in [0.5, 0.6) is 0 Å². The second-order valence-corrected chi connectivity index (χ2v) is 5.97. The fourth-order valence-electron chi connectivity index (χ4n) is 2.43. The van der Waals surface area contributed by atoms with Crippen molar-refractivity contribution in [2.75, 3.05) is 20.9 Å². The lowest BCUT2D eigenvalue weighted by atomic mass is 10.1. The van der Waals surface area contributed by atoms with E-state index < -0.39 is 0 Å². The third-order valence-corrected chi connectivity index (χ3v) is 3.59. The predicted molar refractivity (Wildman–Crippen MR) is 91.4 cm³/mol. The van der Waals surface area contributed by atoms with Crippen LogP contribution in [0, 0.1) is 0 Å². The van der Waals surface area contributed by atoms with Crippen LogP contribution in [0.2, 0.25) is 0 Å². The molecule has 0 heterocycles. The molecular weight excluding hydrogens is 276 g/mol. The lowest BCUT2D eigenvalue weighted by Crippen LogP contribution is -2.46. The third kappa shape index (κ3) is 8.49. The van der Waals surface area contributed by atoms with E-state index in [1.54, 1.807) is 0 Å². The molecule has 1 N–H and O–H groups in total. The van der Waals surface area contributed by atoms with Crippen LogP contribution in [0.3, 0.4) is 0 Å². The van der Waals surface area contributed by atoms with Crippen LogP contribution in [-0.2, 0) is 16.1 Å². The van der Waals surface area contributed by atoms with Gasteiger partial charge in [-0.25, -0.2) is 0 Å². The monoisotopic (exact) mass is 308 g/mol. The van der Waals surface area contributed by atoms with E-state index in [-0.39, 0.29) is 12.1 Å². The van der Waals surface area contributed by atoms with Crippen molar-refractivity contribution >= 4 is 0 Å². The van der Waals surface area contributed by atoms with E-state index >= 15 is 0 Å². The number of nitrogens with zero attached hydrogens (tertiary/aromatic N) is 1. The van der Waals surface area contributed by atoms with E-state index in [4.69, 9.17) is 9.47 Å². The van der Waals surface area contributed by atoms with Gasteiger partial charge in [-0.05, 0) is 18.9 Å². The Morgan fingerprint density at radius 3 is 2.50 bits per heavy atom. The number of rotatable bonds is 12. The quantitative estimate of drug-likeness (QED) is 0.363. The number of unbranched alkanes of at least 4 members (excludes halogenated alkanes) is 2. The molecule has 0 radical (unpaired) electrons. The summed E-state index contributed by atoms with van der Waals surface area (Å²) in [6, 6.07) is 10.5. The number of hydrogen-bond acceptors (Lipinski definition) is 4. The molecule has 0 aliphatic heterocycles. The fourth-order valence-corrected chi connectivity index (χ4v) is 2.43. The molecular formula is C18H32N2O2. The SMILES string of the molecule is CCCCC[C@H](OCOCc1ccccc1)[C@H](C)NN(C)C. The van der Waals surface area contributed by atoms with Crippen LogP contribution in [0.1, 0.15) is 45.1 Å². The maximum absolute atomic E-state index is 5.96. The molecule has 126 valence electrons. The van der Waals surface area contributed by atoms with Gasteiger partial charge in [0.1, 0.15) is 6.79 Å². The summed E-state index contributed by atoms with van der Waals surface area (Å²) in [6.07, 6.45) is 4.90. The first-order valence-electron chi connectivity index (χ1n) is 8.30. The standard InChI is InChI=1S/C18H32N2O2/c1-5-6-8-13-18(16(2)19-20(3)4)22-15-21-14-17-11-9-7-10-12-17/h7,9-12,16,18-19H,5-6,8,13-15H2,1-4H3/t16-,18-/m0/s1. The van der Waals surface area contributed by atoms with Crippen molar-refractivity contribution < 1.29 is 9.47 Å². The van der Waals surface area contributed by atoms with Crippen LogP contribution in [0.15, 0.2) is 30.3 Å². The highest BCUT2D eigenvalue weighted by atomic mass is 16.7. The first kappa shape index (κ1) is 19.1. The van der Waals surface area contributed by atoms with Crippen LogP contribution in [-0.4, -0.2) is 38.0 Å². The zero-order chi connectivity index (χ0) is 16.2. The largest absolute Gasteiger partial charge is 0.351 e. The molecule has 0 fully saturated rings. The van der Waals surface area contributed by atoms with Gasteiger partial charge in [-0.2, -0.15) is 0 Å². The topological polar surface area (TPSA) is 33.7 Å². The Bertz CT molecular complexity index is 371. The number of benzene rings is 1.